The summed E-state index contributed by atoms with van der Waals surface area (Å²) in [5.74, 6) is 0.000170. The number of Topliss-reactive ketones (excluding diaryl/α,β-unsaturated/α-hetero) is 1. The molecule has 0 fully saturated rings. The molecule has 0 bridgehead atoms. The molecular formula is C18H20N4O2. The van der Waals surface area contributed by atoms with Gasteiger partial charge in [0.1, 0.15) is 11.8 Å². The van der Waals surface area contributed by atoms with Gasteiger partial charge in [-0.05, 0) is 31.0 Å². The van der Waals surface area contributed by atoms with Crippen molar-refractivity contribution in [1.29, 1.82) is 5.26 Å². The second-order valence-electron chi connectivity index (χ2n) is 6.59. The maximum atomic E-state index is 12.4. The molecule has 6 heteroatoms. The zero-order valence-corrected chi connectivity index (χ0v) is 14.5. The quantitative estimate of drug-likeness (QED) is 0.525. The molecule has 0 aliphatic heterocycles. The molecule has 0 aliphatic carbocycles. The van der Waals surface area contributed by atoms with Crippen LogP contribution >= 0.6 is 0 Å². The minimum Gasteiger partial charge on any atom is -0.360 e. The number of carbonyl (C=O) groups excluding carboxylic acids is 1. The van der Waals surface area contributed by atoms with Gasteiger partial charge in [0, 0.05) is 11.5 Å². The van der Waals surface area contributed by atoms with Crippen LogP contribution in [0.1, 0.15) is 48.1 Å². The molecule has 2 rings (SSSR count). The Hall–Kier alpha value is -2.94. The van der Waals surface area contributed by atoms with Crippen molar-refractivity contribution in [3.8, 4) is 6.07 Å². The number of hydrazone groups is 1. The summed E-state index contributed by atoms with van der Waals surface area (Å²) < 4.78 is 5.19. The van der Waals surface area contributed by atoms with Gasteiger partial charge >= 0.3 is 0 Å². The Morgan fingerprint density at radius 1 is 1.33 bits per heavy atom. The highest BCUT2D eigenvalue weighted by Crippen LogP contribution is 2.23. The van der Waals surface area contributed by atoms with Gasteiger partial charge in [-0.1, -0.05) is 38.1 Å². The van der Waals surface area contributed by atoms with E-state index in [9.17, 15) is 10.1 Å². The molecule has 0 saturated carbocycles. The van der Waals surface area contributed by atoms with Crippen LogP contribution in [0.2, 0.25) is 0 Å². The minimum atomic E-state index is -0.574. The number of ketones is 1. The molecule has 0 amide bonds. The second kappa shape index (κ2) is 6.67. The lowest BCUT2D eigenvalue weighted by Gasteiger charge is -2.12. The van der Waals surface area contributed by atoms with Crippen LogP contribution in [0.3, 0.4) is 0 Å². The molecule has 1 heterocycles. The number of carbonyl (C=O) groups is 1. The SMILES string of the molecule is Cc1cccc(N/N=C(\C#N)C(=O)c2cc(C(C)(C)C)on2)c1C. The van der Waals surface area contributed by atoms with Crippen molar-refractivity contribution in [1.82, 2.24) is 5.16 Å². The molecule has 2 aromatic rings. The van der Waals surface area contributed by atoms with E-state index in [0.717, 1.165) is 16.8 Å². The fourth-order valence-electron chi connectivity index (χ4n) is 1.97. The fraction of sp³-hybridized carbons (Fsp3) is 0.333. The van der Waals surface area contributed by atoms with E-state index in [4.69, 9.17) is 4.52 Å². The highest BCUT2D eigenvalue weighted by Gasteiger charge is 2.24. The van der Waals surface area contributed by atoms with Crippen LogP contribution < -0.4 is 5.43 Å². The van der Waals surface area contributed by atoms with Gasteiger partial charge in [0.25, 0.3) is 0 Å². The Morgan fingerprint density at radius 3 is 2.62 bits per heavy atom. The summed E-state index contributed by atoms with van der Waals surface area (Å²) in [6.07, 6.45) is 0. The van der Waals surface area contributed by atoms with Crippen LogP contribution in [0.5, 0.6) is 0 Å². The molecule has 0 atom stereocenters. The van der Waals surface area contributed by atoms with E-state index in [2.05, 4.69) is 15.7 Å². The lowest BCUT2D eigenvalue weighted by atomic mass is 9.93. The molecule has 0 unspecified atom stereocenters. The van der Waals surface area contributed by atoms with Gasteiger partial charge in [0.05, 0.1) is 5.69 Å². The number of benzene rings is 1. The Bertz CT molecular complexity index is 835. The standard InChI is InChI=1S/C18H20N4O2/c1-11-7-6-8-13(12(11)2)20-21-15(10-19)17(23)14-9-16(24-22-14)18(3,4)5/h6-9,20H,1-5H3/b21-15+. The molecule has 0 aliphatic rings. The van der Waals surface area contributed by atoms with Crippen molar-refractivity contribution in [2.24, 2.45) is 5.10 Å². The van der Waals surface area contributed by atoms with E-state index < -0.39 is 5.78 Å². The van der Waals surface area contributed by atoms with Crippen LogP contribution in [0.15, 0.2) is 33.9 Å². The largest absolute Gasteiger partial charge is 0.360 e. The first-order valence-electron chi connectivity index (χ1n) is 7.56. The van der Waals surface area contributed by atoms with Gasteiger partial charge in [-0.3, -0.25) is 10.2 Å². The number of rotatable bonds is 4. The van der Waals surface area contributed by atoms with Gasteiger partial charge in [-0.2, -0.15) is 10.4 Å². The molecule has 0 spiro atoms. The lowest BCUT2D eigenvalue weighted by Crippen LogP contribution is -2.15. The Balaban J connectivity index is 2.25. The normalized spacial score (nSPS) is 11.9. The van der Waals surface area contributed by atoms with Crippen molar-refractivity contribution in [2.75, 3.05) is 5.43 Å². The highest BCUT2D eigenvalue weighted by molar-refractivity contribution is 6.51. The lowest BCUT2D eigenvalue weighted by molar-refractivity contribution is 0.105. The van der Waals surface area contributed by atoms with Crippen LogP contribution in [0.25, 0.3) is 0 Å². The third-order valence-electron chi connectivity index (χ3n) is 3.70. The fourth-order valence-corrected chi connectivity index (χ4v) is 1.97. The summed E-state index contributed by atoms with van der Waals surface area (Å²) in [5, 5.41) is 16.9. The number of aryl methyl sites for hydroxylation is 1. The van der Waals surface area contributed by atoms with Crippen LogP contribution in [0, 0.1) is 25.2 Å². The summed E-state index contributed by atoms with van der Waals surface area (Å²) in [6, 6.07) is 9.04. The number of anilines is 1. The summed E-state index contributed by atoms with van der Waals surface area (Å²) >= 11 is 0. The van der Waals surface area contributed by atoms with Crippen LogP contribution in [0.4, 0.5) is 5.69 Å². The topological polar surface area (TPSA) is 91.3 Å². The van der Waals surface area contributed by atoms with Crippen molar-refractivity contribution < 1.29 is 9.32 Å². The van der Waals surface area contributed by atoms with E-state index in [1.54, 1.807) is 6.07 Å². The Morgan fingerprint density at radius 2 is 2.04 bits per heavy atom. The predicted molar refractivity (Wildman–Crippen MR) is 92.1 cm³/mol. The summed E-state index contributed by atoms with van der Waals surface area (Å²) in [4.78, 5) is 12.4. The molecule has 1 N–H and O–H groups in total. The molecule has 1 aromatic heterocycles. The Labute approximate surface area is 141 Å². The highest BCUT2D eigenvalue weighted by atomic mass is 16.5. The van der Waals surface area contributed by atoms with Gasteiger partial charge in [-0.15, -0.1) is 0 Å². The molecule has 124 valence electrons. The zero-order valence-electron chi connectivity index (χ0n) is 14.5. The average molecular weight is 324 g/mol. The summed E-state index contributed by atoms with van der Waals surface area (Å²) in [5.41, 5.74) is 5.14. The first kappa shape index (κ1) is 17.4. The smallest absolute Gasteiger partial charge is 0.245 e. The Kier molecular flexibility index (Phi) is 4.84. The molecular weight excluding hydrogens is 304 g/mol. The van der Waals surface area contributed by atoms with E-state index >= 15 is 0 Å². The van der Waals surface area contributed by atoms with Crippen molar-refractivity contribution in [3.63, 3.8) is 0 Å². The number of nitrogens with zero attached hydrogens (tertiary/aromatic N) is 3. The van der Waals surface area contributed by atoms with E-state index in [1.807, 2.05) is 58.9 Å². The monoisotopic (exact) mass is 324 g/mol. The number of nitriles is 1. The van der Waals surface area contributed by atoms with Crippen molar-refractivity contribution in [3.05, 3.63) is 46.8 Å². The minimum absolute atomic E-state index is 0.0722. The average Bonchev–Trinajstić information content (AvgIpc) is 3.01. The first-order chi connectivity index (χ1) is 11.2. The third-order valence-corrected chi connectivity index (χ3v) is 3.70. The predicted octanol–water partition coefficient (Wildman–Crippen LogP) is 3.76. The number of hydrogen-bond donors (Lipinski definition) is 1. The maximum absolute atomic E-state index is 12.4. The summed E-state index contributed by atoms with van der Waals surface area (Å²) in [7, 11) is 0. The second-order valence-corrected chi connectivity index (χ2v) is 6.59. The molecule has 0 radical (unpaired) electrons. The van der Waals surface area contributed by atoms with Crippen molar-refractivity contribution >= 4 is 17.2 Å². The number of nitrogens with one attached hydrogen (secondary N) is 1. The number of aromatic nitrogens is 1. The van der Waals surface area contributed by atoms with Crippen LogP contribution in [-0.4, -0.2) is 16.7 Å². The van der Waals surface area contributed by atoms with Crippen molar-refractivity contribution in [2.45, 2.75) is 40.0 Å². The summed E-state index contributed by atoms with van der Waals surface area (Å²) in [6.45, 7) is 9.76. The van der Waals surface area contributed by atoms with Gasteiger partial charge in [0.2, 0.25) is 11.5 Å². The third kappa shape index (κ3) is 3.69. The van der Waals surface area contributed by atoms with Gasteiger partial charge in [0.15, 0.2) is 5.69 Å². The van der Waals surface area contributed by atoms with E-state index in [0.29, 0.717) is 5.76 Å². The molecule has 0 saturated heterocycles. The maximum Gasteiger partial charge on any atom is 0.245 e. The van der Waals surface area contributed by atoms with E-state index in [1.165, 1.54) is 0 Å². The van der Waals surface area contributed by atoms with E-state index in [-0.39, 0.29) is 16.8 Å². The molecule has 1 aromatic carbocycles. The molecule has 24 heavy (non-hydrogen) atoms. The zero-order chi connectivity index (χ0) is 17.9. The number of hydrogen-bond acceptors (Lipinski definition) is 6. The van der Waals surface area contributed by atoms with Gasteiger partial charge in [-0.25, -0.2) is 0 Å². The van der Waals surface area contributed by atoms with Gasteiger partial charge < -0.3 is 4.52 Å². The van der Waals surface area contributed by atoms with Crippen LogP contribution in [-0.2, 0) is 5.41 Å². The first-order valence-corrected chi connectivity index (χ1v) is 7.56. The molecule has 6 nitrogen and oxygen atoms in total.